The number of carboxylic acids is 1. The fourth-order valence-electron chi connectivity index (χ4n) is 1.33. The highest BCUT2D eigenvalue weighted by atomic mass is 16.6. The number of carbonyl (C=O) groups is 2. The highest BCUT2D eigenvalue weighted by molar-refractivity contribution is 5.76. The molecule has 0 rings (SSSR count). The average molecular weight is 246 g/mol. The zero-order chi connectivity index (χ0) is 13.6. The summed E-state index contributed by atoms with van der Waals surface area (Å²) in [4.78, 5) is 22.4. The van der Waals surface area contributed by atoms with Crippen LogP contribution in [-0.2, 0) is 14.3 Å². The van der Waals surface area contributed by atoms with Crippen LogP contribution >= 0.6 is 0 Å². The Hall–Kier alpha value is -1.14. The molecule has 6 nitrogen and oxygen atoms in total. The number of carbonyl (C=O) groups excluding carboxylic acids is 1. The molecule has 0 aromatic carbocycles. The van der Waals surface area contributed by atoms with Crippen LogP contribution in [-0.4, -0.2) is 35.2 Å². The molecule has 0 aliphatic rings. The van der Waals surface area contributed by atoms with Crippen LogP contribution < -0.4 is 11.5 Å². The predicted octanol–water partition coefficient (Wildman–Crippen LogP) is 0.0951. The maximum Gasteiger partial charge on any atom is 0.320 e. The van der Waals surface area contributed by atoms with E-state index >= 15 is 0 Å². The van der Waals surface area contributed by atoms with E-state index in [2.05, 4.69) is 0 Å². The molecule has 0 radical (unpaired) electrons. The van der Waals surface area contributed by atoms with Gasteiger partial charge in [0, 0.05) is 0 Å². The van der Waals surface area contributed by atoms with Gasteiger partial charge in [0.1, 0.15) is 11.6 Å². The fraction of sp³-hybridized carbons (Fsp3) is 0.818. The molecule has 17 heavy (non-hydrogen) atoms. The normalized spacial score (nSPS) is 15.1. The van der Waals surface area contributed by atoms with Crippen molar-refractivity contribution in [2.75, 3.05) is 6.54 Å². The van der Waals surface area contributed by atoms with Crippen molar-refractivity contribution in [2.45, 2.75) is 45.3 Å². The maximum absolute atomic E-state index is 11.8. The van der Waals surface area contributed by atoms with Gasteiger partial charge in [-0.3, -0.25) is 9.59 Å². The zero-order valence-corrected chi connectivity index (χ0v) is 10.6. The summed E-state index contributed by atoms with van der Waals surface area (Å²) in [6.07, 6.45) is 0.414. The Morgan fingerprint density at radius 2 is 1.88 bits per heavy atom. The molecule has 5 N–H and O–H groups in total. The van der Waals surface area contributed by atoms with Crippen LogP contribution in [0.2, 0.25) is 0 Å². The van der Waals surface area contributed by atoms with E-state index in [4.69, 9.17) is 21.3 Å². The lowest BCUT2D eigenvalue weighted by atomic mass is 9.96. The summed E-state index contributed by atoms with van der Waals surface area (Å²) < 4.78 is 5.19. The van der Waals surface area contributed by atoms with Gasteiger partial charge in [0.2, 0.25) is 0 Å². The van der Waals surface area contributed by atoms with Gasteiger partial charge in [0.25, 0.3) is 0 Å². The van der Waals surface area contributed by atoms with Crippen LogP contribution in [0.3, 0.4) is 0 Å². The Kier molecular flexibility index (Phi) is 6.12. The number of esters is 1. The number of rotatable bonds is 6. The Morgan fingerprint density at radius 1 is 1.35 bits per heavy atom. The molecule has 0 aliphatic carbocycles. The minimum absolute atomic E-state index is 0.0431. The molecular formula is C11H22N2O4. The zero-order valence-electron chi connectivity index (χ0n) is 10.6. The van der Waals surface area contributed by atoms with Crippen molar-refractivity contribution in [3.63, 3.8) is 0 Å². The number of ether oxygens (including phenoxy) is 1. The standard InChI is InChI=1S/C11H22N2O4/c1-11(2,3)17-10(16)7(4-5-12)6-8(13)9(14)15/h7-8H,4-6,12-13H2,1-3H3,(H,14,15)/t7?,8-/m0/s1. The van der Waals surface area contributed by atoms with Crippen LogP contribution in [0.15, 0.2) is 0 Å². The number of aliphatic carboxylic acids is 1. The van der Waals surface area contributed by atoms with Crippen molar-refractivity contribution in [3.8, 4) is 0 Å². The molecule has 100 valence electrons. The lowest BCUT2D eigenvalue weighted by Crippen LogP contribution is -2.37. The van der Waals surface area contributed by atoms with Crippen molar-refractivity contribution >= 4 is 11.9 Å². The minimum atomic E-state index is -1.13. The monoisotopic (exact) mass is 246 g/mol. The van der Waals surface area contributed by atoms with Crippen LogP contribution in [0.4, 0.5) is 0 Å². The van der Waals surface area contributed by atoms with Crippen LogP contribution in [0.1, 0.15) is 33.6 Å². The lowest BCUT2D eigenvalue weighted by molar-refractivity contribution is -0.160. The molecule has 0 fully saturated rings. The van der Waals surface area contributed by atoms with Crippen LogP contribution in [0, 0.1) is 5.92 Å². The first-order valence-electron chi connectivity index (χ1n) is 5.58. The van der Waals surface area contributed by atoms with Crippen LogP contribution in [0.25, 0.3) is 0 Å². The van der Waals surface area contributed by atoms with Crippen molar-refractivity contribution in [1.29, 1.82) is 0 Å². The summed E-state index contributed by atoms with van der Waals surface area (Å²) in [7, 11) is 0. The third-order valence-electron chi connectivity index (χ3n) is 2.11. The molecule has 0 heterocycles. The number of hydrogen-bond acceptors (Lipinski definition) is 5. The molecule has 0 amide bonds. The third-order valence-corrected chi connectivity index (χ3v) is 2.11. The first kappa shape index (κ1) is 15.9. The highest BCUT2D eigenvalue weighted by Gasteiger charge is 2.28. The van der Waals surface area contributed by atoms with Crippen molar-refractivity contribution < 1.29 is 19.4 Å². The summed E-state index contributed by atoms with van der Waals surface area (Å²) in [5.74, 6) is -2.14. The summed E-state index contributed by atoms with van der Waals surface area (Å²) in [6.45, 7) is 5.54. The van der Waals surface area contributed by atoms with Gasteiger partial charge in [0.15, 0.2) is 0 Å². The topological polar surface area (TPSA) is 116 Å². The molecule has 0 spiro atoms. The van der Waals surface area contributed by atoms with Crippen molar-refractivity contribution in [3.05, 3.63) is 0 Å². The molecule has 0 aromatic rings. The second-order valence-electron chi connectivity index (χ2n) is 4.99. The quantitative estimate of drug-likeness (QED) is 0.572. The number of carboxylic acid groups (broad SMARTS) is 1. The van der Waals surface area contributed by atoms with E-state index in [0.717, 1.165) is 0 Å². The predicted molar refractivity (Wildman–Crippen MR) is 63.2 cm³/mol. The Bertz CT molecular complexity index is 273. The second kappa shape index (κ2) is 6.56. The van der Waals surface area contributed by atoms with E-state index < -0.39 is 29.5 Å². The van der Waals surface area contributed by atoms with Crippen molar-refractivity contribution in [1.82, 2.24) is 0 Å². The van der Waals surface area contributed by atoms with Gasteiger partial charge in [-0.15, -0.1) is 0 Å². The van der Waals surface area contributed by atoms with Crippen LogP contribution in [0.5, 0.6) is 0 Å². The molecule has 0 aliphatic heterocycles. The highest BCUT2D eigenvalue weighted by Crippen LogP contribution is 2.17. The van der Waals surface area contributed by atoms with E-state index in [1.54, 1.807) is 20.8 Å². The van der Waals surface area contributed by atoms with Gasteiger partial charge in [-0.05, 0) is 40.2 Å². The van der Waals surface area contributed by atoms with E-state index in [1.165, 1.54) is 0 Å². The largest absolute Gasteiger partial charge is 0.480 e. The van der Waals surface area contributed by atoms with E-state index in [0.29, 0.717) is 6.42 Å². The van der Waals surface area contributed by atoms with Gasteiger partial charge in [-0.2, -0.15) is 0 Å². The summed E-state index contributed by atoms with van der Waals surface area (Å²) in [5, 5.41) is 8.71. The molecule has 0 aromatic heterocycles. The van der Waals surface area contributed by atoms with Gasteiger partial charge in [0.05, 0.1) is 5.92 Å². The fourth-order valence-corrected chi connectivity index (χ4v) is 1.33. The lowest BCUT2D eigenvalue weighted by Gasteiger charge is -2.24. The first-order chi connectivity index (χ1) is 7.67. The SMILES string of the molecule is CC(C)(C)OC(=O)C(CCN)C[C@H](N)C(=O)O. The maximum atomic E-state index is 11.8. The van der Waals surface area contributed by atoms with Crippen molar-refractivity contribution in [2.24, 2.45) is 17.4 Å². The molecule has 2 atom stereocenters. The first-order valence-corrected chi connectivity index (χ1v) is 5.58. The summed E-state index contributed by atoms with van der Waals surface area (Å²) >= 11 is 0. The summed E-state index contributed by atoms with van der Waals surface area (Å²) in [6, 6.07) is -1.07. The molecule has 1 unspecified atom stereocenters. The molecule has 0 bridgehead atoms. The average Bonchev–Trinajstić information content (AvgIpc) is 2.13. The van der Waals surface area contributed by atoms with E-state index in [1.807, 2.05) is 0 Å². The molecule has 0 saturated carbocycles. The molecule has 6 heteroatoms. The second-order valence-corrected chi connectivity index (χ2v) is 4.99. The summed E-state index contributed by atoms with van der Waals surface area (Å²) in [5.41, 5.74) is 10.2. The van der Waals surface area contributed by atoms with E-state index in [-0.39, 0.29) is 13.0 Å². The van der Waals surface area contributed by atoms with E-state index in [9.17, 15) is 9.59 Å². The molecular weight excluding hydrogens is 224 g/mol. The Balaban J connectivity index is 4.51. The molecule has 0 saturated heterocycles. The minimum Gasteiger partial charge on any atom is -0.480 e. The van der Waals surface area contributed by atoms with Gasteiger partial charge < -0.3 is 21.3 Å². The van der Waals surface area contributed by atoms with Gasteiger partial charge in [-0.25, -0.2) is 0 Å². The third kappa shape index (κ3) is 6.91. The Morgan fingerprint density at radius 3 is 2.24 bits per heavy atom. The Labute approximate surface area is 101 Å². The van der Waals surface area contributed by atoms with Gasteiger partial charge in [-0.1, -0.05) is 0 Å². The number of nitrogens with two attached hydrogens (primary N) is 2. The number of hydrogen-bond donors (Lipinski definition) is 3. The van der Waals surface area contributed by atoms with Gasteiger partial charge >= 0.3 is 11.9 Å². The smallest absolute Gasteiger partial charge is 0.320 e.